The van der Waals surface area contributed by atoms with E-state index in [1.807, 2.05) is 13.8 Å². The zero-order valence-corrected chi connectivity index (χ0v) is 76.5. The quantitative estimate of drug-likeness (QED) is 0.0267. The summed E-state index contributed by atoms with van der Waals surface area (Å²) >= 11 is 0.753. The Bertz CT molecular complexity index is 5230. The molecule has 44 nitrogen and oxygen atoms in total. The maximum absolute atomic E-state index is 15.8. The molecule has 15 atom stereocenters. The molecule has 726 valence electrons. The molecule has 3 aliphatic rings. The number of aliphatic hydroxyl groups excluding tert-OH is 2. The molecule has 9 rings (SSSR count). The molecule has 3 saturated heterocycles. The van der Waals surface area contributed by atoms with E-state index in [9.17, 15) is 78.3 Å². The van der Waals surface area contributed by atoms with E-state index in [4.69, 9.17) is 11.5 Å². The first-order valence-electron chi connectivity index (χ1n) is 44.4. The van der Waals surface area contributed by atoms with Crippen molar-refractivity contribution in [1.82, 2.24) is 97.2 Å². The smallest absolute Gasteiger partial charge is 0.323 e. The number of benzene rings is 3. The number of imidazole rings is 1. The minimum Gasteiger partial charge on any atom is -0.508 e. The van der Waals surface area contributed by atoms with Crippen LogP contribution in [0.2, 0.25) is 0 Å². The zero-order valence-electron chi connectivity index (χ0n) is 75.6. The first-order valence-corrected chi connectivity index (χ1v) is 45.6. The van der Waals surface area contributed by atoms with Gasteiger partial charge in [-0.1, -0.05) is 88.1 Å². The van der Waals surface area contributed by atoms with Gasteiger partial charge in [-0.15, -0.1) is 11.8 Å². The monoisotopic (exact) mass is 1880 g/mol. The Kier molecular flexibility index (Phi) is 38.3. The van der Waals surface area contributed by atoms with Crippen molar-refractivity contribution < 1.29 is 112 Å². The number of carbonyl (C=O) groups excluding carboxylic acids is 16. The largest absolute Gasteiger partial charge is 0.508 e. The number of phenolic OH excluding ortho intramolecular Hbond substituents is 1. The molecule has 0 aliphatic carbocycles. The number of nitrogens with zero attached hydrogens (tertiary/aromatic N) is 7. The van der Waals surface area contributed by atoms with Crippen LogP contribution in [0.5, 0.6) is 5.75 Å². The Balaban J connectivity index is 1.09. The number of aliphatic carboxylic acids is 2. The van der Waals surface area contributed by atoms with Crippen LogP contribution >= 0.6 is 11.8 Å². The maximum Gasteiger partial charge on any atom is 0.323 e. The highest BCUT2D eigenvalue weighted by atomic mass is 32.2. The third-order valence-corrected chi connectivity index (χ3v) is 25.0. The SMILES string of the molecule is CCCC[C@H]1C(=O)N(C)[C@@H](CCCC)C(=O)N[C@@H](C)C(=O)N[C@H](C(=O)NCC(N)=O)CSCC(=O)N[C@@H](Cc2ccc(O)cc2)C(=O)N(C)[C@@H](C)C(=O)N[C@@H](CC(=O)O)C(=O)N2CCC[C@H]2C(=O)N[C@@H](Cc2cnc[nH]2)C(=O)N[C@@H](CCCN)C(=O)N2C[C@H](O)C[C@H]2C(=O)N[C@@H](Cc2c[nH]c3ccccc23)C(=O)N[C@@H](CO)C(=O)N[C@@H](Cc2cn(CC(=O)O)c3ccccc23)C(=O)N1C. The van der Waals surface area contributed by atoms with E-state index in [0.29, 0.717) is 64.2 Å². The van der Waals surface area contributed by atoms with Gasteiger partial charge in [0.05, 0.1) is 37.8 Å². The summed E-state index contributed by atoms with van der Waals surface area (Å²) in [6.45, 7) is 2.96. The molecule has 21 N–H and O–H groups in total. The summed E-state index contributed by atoms with van der Waals surface area (Å²) in [7, 11) is 3.79. The number of amides is 16. The summed E-state index contributed by atoms with van der Waals surface area (Å²) < 4.78 is 1.40. The third kappa shape index (κ3) is 28.0. The first kappa shape index (κ1) is 104. The second-order valence-electron chi connectivity index (χ2n) is 33.7. The number of H-pyrrole nitrogens is 2. The summed E-state index contributed by atoms with van der Waals surface area (Å²) in [6, 6.07) is -3.56. The average molecular weight is 1890 g/mol. The number of thioether (sulfide) groups is 1. The summed E-state index contributed by atoms with van der Waals surface area (Å²) in [4.78, 5) is 276. The Labute approximate surface area is 775 Å². The molecule has 0 bridgehead atoms. The van der Waals surface area contributed by atoms with Crippen LogP contribution in [-0.4, -0.2) is 332 Å². The van der Waals surface area contributed by atoms with E-state index in [1.165, 1.54) is 82.5 Å². The number of para-hydroxylation sites is 2. The number of carboxylic acids is 2. The number of aromatic nitrogens is 4. The number of phenols is 1. The second kappa shape index (κ2) is 49.3. The standard InChI is InChI=1S/C89H121N21O23S/c1-8-10-22-68-82(126)96-48(3)76(120)104-66(78(122)94-40-72(91)114)45-134-46-73(115)97-62(32-50-26-28-54(112)29-27-50)85(129)105(5)49(4)77(121)101-64(37-74(116)117)88(132)109-31-17-25-69(109)83(127)100-61(35-53-39-92-47-95-53)80(124)98-59(21-16-30-90)87(131)110-42-55(113)36-71(110)84(128)99-60(33-51-38-93-58-20-14-12-18-56(51)58)79(123)103-65(44-111)81(125)102-63(86(130)107(7)70(23-11-9-2)89(133)106(68)6)34-52-41-108(43-75(118)119)67-24-15-13-19-57(52)67/h12-15,18-20,24,26-29,38-39,41,47-49,55,59-66,68-71,93,111-113H,8-11,16-17,21-23,25,30-37,40,42-46,90H2,1-7H3,(H2,91,114)(H,92,95)(H,94,122)(H,96,126)(H,97,115)(H,98,124)(H,99,128)(H,100,127)(H,101,121)(H,102,125)(H,103,123)(H,104,120)(H,116,117)(H,118,119)/t48-,49-,55+,59-,60-,61-,62-,63-,64-,65-,66-,68-,69-,70-,71-/m0/s1. The number of primary amides is 1. The molecule has 134 heavy (non-hydrogen) atoms. The topological polar surface area (TPSA) is 646 Å². The van der Waals surface area contributed by atoms with Gasteiger partial charge in [0, 0.05) is 118 Å². The lowest BCUT2D eigenvalue weighted by molar-refractivity contribution is -0.149. The molecule has 0 radical (unpaired) electrons. The number of aliphatic hydroxyl groups is 2. The lowest BCUT2D eigenvalue weighted by Gasteiger charge is -2.36. The number of unbranched alkanes of at least 4 members (excludes halogenated alkanes) is 2. The molecule has 6 aromatic rings. The lowest BCUT2D eigenvalue weighted by Crippen LogP contribution is -2.61. The zero-order chi connectivity index (χ0) is 97.9. The van der Waals surface area contributed by atoms with Gasteiger partial charge in [0.25, 0.3) is 0 Å². The van der Waals surface area contributed by atoms with Gasteiger partial charge in [-0.2, -0.15) is 0 Å². The van der Waals surface area contributed by atoms with Crippen molar-refractivity contribution in [3.8, 4) is 5.75 Å². The van der Waals surface area contributed by atoms with Crippen molar-refractivity contribution >= 4 is 140 Å². The van der Waals surface area contributed by atoms with E-state index in [0.717, 1.165) is 36.3 Å². The van der Waals surface area contributed by atoms with Crippen LogP contribution in [-0.2, 0) is 119 Å². The van der Waals surface area contributed by atoms with Gasteiger partial charge in [0.15, 0.2) is 0 Å². The maximum atomic E-state index is 15.8. The number of carbonyl (C=O) groups is 18. The molecule has 0 unspecified atom stereocenters. The minimum atomic E-state index is -1.97. The number of hydrogen-bond acceptors (Lipinski definition) is 24. The molecule has 16 amide bonds. The normalized spacial score (nSPS) is 24.9. The fourth-order valence-corrected chi connectivity index (χ4v) is 17.3. The van der Waals surface area contributed by atoms with E-state index in [2.05, 4.69) is 68.1 Å². The van der Waals surface area contributed by atoms with E-state index in [1.54, 1.807) is 54.7 Å². The summed E-state index contributed by atoms with van der Waals surface area (Å²) in [6.07, 6.45) is 2.75. The molecular weight excluding hydrogens is 1760 g/mol. The Morgan fingerprint density at radius 2 is 1.16 bits per heavy atom. The van der Waals surface area contributed by atoms with Crippen molar-refractivity contribution in [3.63, 3.8) is 0 Å². The number of likely N-dealkylation sites (N-methyl/N-ethyl adjacent to an activating group) is 3. The number of aromatic hydroxyl groups is 1. The number of hydrogen-bond donors (Lipinski definition) is 19. The summed E-state index contributed by atoms with van der Waals surface area (Å²) in [5.74, 6) is -19.7. The number of rotatable bonds is 25. The van der Waals surface area contributed by atoms with Crippen LogP contribution in [0, 0.1) is 0 Å². The molecule has 3 aromatic heterocycles. The van der Waals surface area contributed by atoms with E-state index in [-0.39, 0.29) is 82.3 Å². The minimum absolute atomic E-state index is 0.0208. The number of nitrogens with two attached hydrogens (primary N) is 2. The van der Waals surface area contributed by atoms with Crippen molar-refractivity contribution in [2.24, 2.45) is 11.5 Å². The van der Waals surface area contributed by atoms with E-state index >= 15 is 33.6 Å². The number of fused-ring (bicyclic) bond motifs is 4. The number of carboxylic acid groups (broad SMARTS) is 2. The third-order valence-electron chi connectivity index (χ3n) is 23.9. The molecule has 0 saturated carbocycles. The fourth-order valence-electron chi connectivity index (χ4n) is 16.4. The van der Waals surface area contributed by atoms with Crippen LogP contribution in [0.15, 0.2) is 97.7 Å². The van der Waals surface area contributed by atoms with Crippen molar-refractivity contribution in [2.45, 2.75) is 228 Å². The molecule has 3 aliphatic heterocycles. The van der Waals surface area contributed by atoms with Crippen molar-refractivity contribution in [3.05, 3.63) is 120 Å². The highest BCUT2D eigenvalue weighted by Gasteiger charge is 2.47. The average Bonchev–Trinajstić information content (AvgIpc) is 1.62. The highest BCUT2D eigenvalue weighted by molar-refractivity contribution is 8.00. The Morgan fingerprint density at radius 1 is 0.567 bits per heavy atom. The van der Waals surface area contributed by atoms with Crippen molar-refractivity contribution in [2.75, 3.05) is 65.4 Å². The predicted octanol–water partition coefficient (Wildman–Crippen LogP) is -3.32. The van der Waals surface area contributed by atoms with Crippen LogP contribution in [0.3, 0.4) is 0 Å². The van der Waals surface area contributed by atoms with Gasteiger partial charge >= 0.3 is 11.9 Å². The van der Waals surface area contributed by atoms with E-state index < -0.39 is 254 Å². The van der Waals surface area contributed by atoms with Gasteiger partial charge in [0.1, 0.15) is 96.9 Å². The van der Waals surface area contributed by atoms with Gasteiger partial charge < -0.3 is 129 Å². The first-order chi connectivity index (χ1) is 63.8. The van der Waals surface area contributed by atoms with Gasteiger partial charge in [0.2, 0.25) is 94.5 Å². The summed E-state index contributed by atoms with van der Waals surface area (Å²) in [5.41, 5.74) is 13.8. The molecule has 3 aromatic carbocycles. The van der Waals surface area contributed by atoms with Gasteiger partial charge in [-0.3, -0.25) is 86.3 Å². The van der Waals surface area contributed by atoms with Crippen LogP contribution in [0.1, 0.15) is 127 Å². The predicted molar refractivity (Wildman–Crippen MR) is 485 cm³/mol. The molecule has 3 fully saturated rings. The van der Waals surface area contributed by atoms with Gasteiger partial charge in [-0.25, -0.2) is 4.98 Å². The lowest BCUT2D eigenvalue weighted by atomic mass is 10.00. The van der Waals surface area contributed by atoms with Crippen molar-refractivity contribution in [1.29, 1.82) is 0 Å². The molecule has 45 heteroatoms. The fraction of sp³-hybridized carbons (Fsp3) is 0.517. The number of nitrogens with one attached hydrogen (secondary N) is 12. The van der Waals surface area contributed by atoms with Gasteiger partial charge in [-0.05, 0) is 99.9 Å². The molecule has 0 spiro atoms. The molecular formula is C89H121N21O23S. The Morgan fingerprint density at radius 3 is 1.81 bits per heavy atom. The summed E-state index contributed by atoms with van der Waals surface area (Å²) in [5, 5.41) is 80.0. The van der Waals surface area contributed by atoms with Crippen LogP contribution in [0.25, 0.3) is 21.8 Å². The second-order valence-corrected chi connectivity index (χ2v) is 34.8. The highest BCUT2D eigenvalue weighted by Crippen LogP contribution is 2.29. The van der Waals surface area contributed by atoms with Crippen LogP contribution in [0.4, 0.5) is 0 Å². The number of aromatic amines is 2. The molecule has 6 heterocycles. The van der Waals surface area contributed by atoms with Crippen LogP contribution < -0.4 is 64.6 Å². The Hall–Kier alpha value is -13.6.